The molecule has 2 aromatic carbocycles. The molecular formula is C22H21N3O5. The van der Waals surface area contributed by atoms with Crippen LogP contribution >= 0.6 is 0 Å². The molecule has 2 fully saturated rings. The minimum absolute atomic E-state index is 0.188. The average molecular weight is 407 g/mol. The second-order valence-corrected chi connectivity index (χ2v) is 7.73. The molecule has 2 aliphatic heterocycles. The quantitative estimate of drug-likeness (QED) is 0.652. The summed E-state index contributed by atoms with van der Waals surface area (Å²) >= 11 is 0. The Labute approximate surface area is 172 Å². The smallest absolute Gasteiger partial charge is 0.235 e. The minimum atomic E-state index is -0.511. The maximum atomic E-state index is 12.3. The van der Waals surface area contributed by atoms with E-state index in [-0.39, 0.29) is 24.1 Å². The van der Waals surface area contributed by atoms with E-state index in [9.17, 15) is 14.4 Å². The van der Waals surface area contributed by atoms with Gasteiger partial charge in [-0.25, -0.2) is 0 Å². The Hall–Kier alpha value is -3.42. The number of piperidine rings is 1. The van der Waals surface area contributed by atoms with Gasteiger partial charge in [-0.2, -0.15) is 0 Å². The Kier molecular flexibility index (Phi) is 4.61. The Morgan fingerprint density at radius 1 is 1.17 bits per heavy atom. The molecule has 5 rings (SSSR count). The lowest BCUT2D eigenvalue weighted by atomic mass is 9.91. The second-order valence-electron chi connectivity index (χ2n) is 7.73. The number of likely N-dealkylation sites (tertiary alicyclic amines) is 1. The number of ether oxygens (including phenoxy) is 1. The van der Waals surface area contributed by atoms with E-state index in [0.717, 1.165) is 29.1 Å². The molecule has 3 amide bonds. The first-order valence-electron chi connectivity index (χ1n) is 10.2. The van der Waals surface area contributed by atoms with Crippen molar-refractivity contribution in [2.24, 2.45) is 0 Å². The first-order chi connectivity index (χ1) is 14.6. The zero-order valence-corrected chi connectivity index (χ0v) is 16.3. The number of hydrogen-bond acceptors (Lipinski definition) is 6. The number of imide groups is 1. The Morgan fingerprint density at radius 2 is 2.07 bits per heavy atom. The number of amides is 3. The van der Waals surface area contributed by atoms with E-state index in [1.807, 2.05) is 35.2 Å². The van der Waals surface area contributed by atoms with Crippen LogP contribution in [-0.2, 0) is 14.4 Å². The van der Waals surface area contributed by atoms with Crippen LogP contribution in [0.2, 0.25) is 0 Å². The van der Waals surface area contributed by atoms with Crippen molar-refractivity contribution in [1.29, 1.82) is 0 Å². The van der Waals surface area contributed by atoms with E-state index in [4.69, 9.17) is 9.26 Å². The maximum Gasteiger partial charge on any atom is 0.235 e. The lowest BCUT2D eigenvalue weighted by molar-refractivity contribution is -0.134. The third-order valence-corrected chi connectivity index (χ3v) is 5.82. The molecule has 0 spiro atoms. The molecule has 1 unspecified atom stereocenters. The van der Waals surface area contributed by atoms with Crippen molar-refractivity contribution in [3.63, 3.8) is 0 Å². The van der Waals surface area contributed by atoms with Gasteiger partial charge < -0.3 is 14.2 Å². The third kappa shape index (κ3) is 3.28. The largest absolute Gasteiger partial charge is 0.492 e. The summed E-state index contributed by atoms with van der Waals surface area (Å²) in [4.78, 5) is 37.3. The normalized spacial score (nSPS) is 19.7. The molecule has 3 aromatic rings. The highest BCUT2D eigenvalue weighted by molar-refractivity contribution is 6.10. The summed E-state index contributed by atoms with van der Waals surface area (Å²) in [5, 5.41) is 9.17. The molecule has 2 saturated heterocycles. The zero-order chi connectivity index (χ0) is 20.7. The summed E-state index contributed by atoms with van der Waals surface area (Å²) in [6.45, 7) is 1.82. The van der Waals surface area contributed by atoms with Gasteiger partial charge in [0, 0.05) is 19.4 Å². The van der Waals surface area contributed by atoms with E-state index in [1.165, 1.54) is 0 Å². The van der Waals surface area contributed by atoms with Crippen molar-refractivity contribution >= 4 is 39.5 Å². The standard InChI is InChI=1S/C22H21N3O5/c26-18-8-6-16(22(28)23-18)21-20-15-5-4-14(12-13(15)3-7-17(20)30-24-21)29-11-10-25-9-1-2-19(25)27/h3-5,7,12,16H,1-2,6,8-11H2,(H,23,26,28). The van der Waals surface area contributed by atoms with Gasteiger partial charge >= 0.3 is 0 Å². The number of rotatable bonds is 5. The van der Waals surface area contributed by atoms with Crippen molar-refractivity contribution in [1.82, 2.24) is 15.4 Å². The highest BCUT2D eigenvalue weighted by Crippen LogP contribution is 2.36. The Morgan fingerprint density at radius 3 is 2.87 bits per heavy atom. The first-order valence-corrected chi connectivity index (χ1v) is 10.2. The van der Waals surface area contributed by atoms with Crippen LogP contribution in [-0.4, -0.2) is 47.5 Å². The van der Waals surface area contributed by atoms with Crippen molar-refractivity contribution in [3.05, 3.63) is 36.0 Å². The predicted molar refractivity (Wildman–Crippen MR) is 108 cm³/mol. The van der Waals surface area contributed by atoms with Gasteiger partial charge in [-0.15, -0.1) is 0 Å². The number of nitrogens with zero attached hydrogens (tertiary/aromatic N) is 2. The van der Waals surface area contributed by atoms with Crippen LogP contribution in [0.1, 0.15) is 37.3 Å². The number of carbonyl (C=O) groups excluding carboxylic acids is 3. The molecule has 8 heteroatoms. The first kappa shape index (κ1) is 18.6. The summed E-state index contributed by atoms with van der Waals surface area (Å²) in [5.74, 6) is -0.204. The lowest BCUT2D eigenvalue weighted by Gasteiger charge is -2.19. The molecule has 2 aliphatic rings. The number of nitrogens with one attached hydrogen (secondary N) is 1. The molecule has 1 N–H and O–H groups in total. The van der Waals surface area contributed by atoms with Gasteiger partial charge in [-0.05, 0) is 47.9 Å². The van der Waals surface area contributed by atoms with E-state index in [1.54, 1.807) is 0 Å². The van der Waals surface area contributed by atoms with E-state index >= 15 is 0 Å². The van der Waals surface area contributed by atoms with Crippen molar-refractivity contribution < 1.29 is 23.6 Å². The van der Waals surface area contributed by atoms with E-state index in [0.29, 0.717) is 43.0 Å². The molecule has 30 heavy (non-hydrogen) atoms. The number of aromatic nitrogens is 1. The Balaban J connectivity index is 1.41. The van der Waals surface area contributed by atoms with Crippen molar-refractivity contribution in [3.8, 4) is 5.75 Å². The van der Waals surface area contributed by atoms with E-state index < -0.39 is 5.92 Å². The predicted octanol–water partition coefficient (Wildman–Crippen LogP) is 2.50. The SMILES string of the molecule is O=C1CCC(c2noc3ccc4cc(OCCN5CCCC5=O)ccc4c23)C(=O)N1. The minimum Gasteiger partial charge on any atom is -0.492 e. The summed E-state index contributed by atoms with van der Waals surface area (Å²) < 4.78 is 11.3. The van der Waals surface area contributed by atoms with Gasteiger partial charge in [0.2, 0.25) is 17.7 Å². The molecule has 0 aliphatic carbocycles. The Bertz CT molecular complexity index is 1170. The van der Waals surface area contributed by atoms with Crippen LogP contribution in [0.15, 0.2) is 34.9 Å². The fourth-order valence-corrected chi connectivity index (χ4v) is 4.27. The summed E-state index contributed by atoms with van der Waals surface area (Å²) in [7, 11) is 0. The molecule has 0 radical (unpaired) electrons. The van der Waals surface area contributed by atoms with Gasteiger partial charge in [0.05, 0.1) is 17.8 Å². The van der Waals surface area contributed by atoms with Crippen LogP contribution in [0.5, 0.6) is 5.75 Å². The number of fused-ring (bicyclic) bond motifs is 3. The fraction of sp³-hybridized carbons (Fsp3) is 0.364. The summed E-state index contributed by atoms with van der Waals surface area (Å²) in [6.07, 6.45) is 2.24. The average Bonchev–Trinajstić information content (AvgIpc) is 3.34. The van der Waals surface area contributed by atoms with Crippen molar-refractivity contribution in [2.75, 3.05) is 19.7 Å². The van der Waals surface area contributed by atoms with Gasteiger partial charge in [0.1, 0.15) is 18.1 Å². The molecule has 0 saturated carbocycles. The second kappa shape index (κ2) is 7.44. The van der Waals surface area contributed by atoms with Crippen LogP contribution in [0.4, 0.5) is 0 Å². The molecule has 3 heterocycles. The third-order valence-electron chi connectivity index (χ3n) is 5.82. The zero-order valence-electron chi connectivity index (χ0n) is 16.3. The van der Waals surface area contributed by atoms with Crippen LogP contribution in [0, 0.1) is 0 Å². The van der Waals surface area contributed by atoms with Crippen LogP contribution < -0.4 is 10.1 Å². The summed E-state index contributed by atoms with van der Waals surface area (Å²) in [6, 6.07) is 9.48. The summed E-state index contributed by atoms with van der Waals surface area (Å²) in [5.41, 5.74) is 1.16. The monoisotopic (exact) mass is 407 g/mol. The number of carbonyl (C=O) groups is 3. The highest BCUT2D eigenvalue weighted by Gasteiger charge is 2.32. The molecular weight excluding hydrogens is 386 g/mol. The van der Waals surface area contributed by atoms with Crippen LogP contribution in [0.3, 0.4) is 0 Å². The van der Waals surface area contributed by atoms with Gasteiger partial charge in [0.15, 0.2) is 5.58 Å². The lowest BCUT2D eigenvalue weighted by Crippen LogP contribution is -2.39. The molecule has 8 nitrogen and oxygen atoms in total. The maximum absolute atomic E-state index is 12.3. The van der Waals surface area contributed by atoms with Gasteiger partial charge in [-0.3, -0.25) is 19.7 Å². The van der Waals surface area contributed by atoms with E-state index in [2.05, 4.69) is 10.5 Å². The fourth-order valence-electron chi connectivity index (χ4n) is 4.27. The topological polar surface area (TPSA) is 102 Å². The van der Waals surface area contributed by atoms with Crippen molar-refractivity contribution in [2.45, 2.75) is 31.6 Å². The highest BCUT2D eigenvalue weighted by atomic mass is 16.5. The molecule has 0 bridgehead atoms. The number of hydrogen-bond donors (Lipinski definition) is 1. The number of benzene rings is 2. The molecule has 1 atom stereocenters. The molecule has 1 aromatic heterocycles. The van der Waals surface area contributed by atoms with Gasteiger partial charge in [-0.1, -0.05) is 11.2 Å². The molecule has 154 valence electrons. The van der Waals surface area contributed by atoms with Gasteiger partial charge in [0.25, 0.3) is 0 Å². The van der Waals surface area contributed by atoms with Crippen LogP contribution in [0.25, 0.3) is 21.7 Å².